The van der Waals surface area contributed by atoms with Crippen LogP contribution in [0.25, 0.3) is 0 Å². The number of rotatable bonds is 6. The molecule has 9 heteroatoms. The summed E-state index contributed by atoms with van der Waals surface area (Å²) in [6.45, 7) is 1.26. The summed E-state index contributed by atoms with van der Waals surface area (Å²) in [6.07, 6.45) is 1.45. The minimum atomic E-state index is -3.76. The van der Waals surface area contributed by atoms with Crippen molar-refractivity contribution in [1.29, 1.82) is 0 Å². The van der Waals surface area contributed by atoms with Crippen molar-refractivity contribution in [3.8, 4) is 0 Å². The van der Waals surface area contributed by atoms with Crippen LogP contribution in [-0.2, 0) is 19.6 Å². The van der Waals surface area contributed by atoms with Crippen molar-refractivity contribution >= 4 is 21.9 Å². The van der Waals surface area contributed by atoms with Crippen LogP contribution in [0.3, 0.4) is 0 Å². The first-order valence-electron chi connectivity index (χ1n) is 7.27. The Hall–Kier alpha value is -2.78. The second-order valence-corrected chi connectivity index (χ2v) is 6.76. The Balaban J connectivity index is 1.88. The van der Waals surface area contributed by atoms with Crippen LogP contribution in [0, 0.1) is 0 Å². The molecule has 8 nitrogen and oxygen atoms in total. The minimum absolute atomic E-state index is 0.0148. The summed E-state index contributed by atoms with van der Waals surface area (Å²) < 4.78 is 27.3. The Morgan fingerprint density at radius 2 is 1.88 bits per heavy atom. The van der Waals surface area contributed by atoms with Gasteiger partial charge in [0.15, 0.2) is 6.61 Å². The molecule has 0 fully saturated rings. The normalized spacial score (nSPS) is 12.2. The fraction of sp³-hybridized carbons (Fsp3) is 0.188. The summed E-state index contributed by atoms with van der Waals surface area (Å²) in [6, 6.07) is 10.2. The molecule has 3 N–H and O–H groups in total. The number of carbonyl (C=O) groups is 2. The molecule has 1 amide bonds. The molecule has 0 radical (unpaired) electrons. The number of hydrogen-bond donors (Lipinski definition) is 2. The number of benzene rings is 1. The molecule has 0 bridgehead atoms. The third-order valence-corrected chi connectivity index (χ3v) is 4.22. The lowest BCUT2D eigenvalue weighted by Gasteiger charge is -2.14. The van der Waals surface area contributed by atoms with E-state index in [2.05, 4.69) is 10.3 Å². The highest BCUT2D eigenvalue weighted by Crippen LogP contribution is 2.15. The Morgan fingerprint density at radius 1 is 1.20 bits per heavy atom. The highest BCUT2D eigenvalue weighted by molar-refractivity contribution is 7.89. The number of pyridine rings is 1. The highest BCUT2D eigenvalue weighted by atomic mass is 32.2. The van der Waals surface area contributed by atoms with Crippen LogP contribution < -0.4 is 10.5 Å². The Kier molecular flexibility index (Phi) is 5.84. The zero-order valence-corrected chi connectivity index (χ0v) is 14.2. The predicted molar refractivity (Wildman–Crippen MR) is 88.9 cm³/mol. The van der Waals surface area contributed by atoms with Gasteiger partial charge in [0.2, 0.25) is 10.0 Å². The Bertz CT molecular complexity index is 851. The number of carbonyl (C=O) groups excluding carboxylic acids is 2. The molecule has 25 heavy (non-hydrogen) atoms. The van der Waals surface area contributed by atoms with Crippen LogP contribution in [0.15, 0.2) is 53.6 Å². The number of nitrogens with one attached hydrogen (secondary N) is 1. The highest BCUT2D eigenvalue weighted by Gasteiger charge is 2.14. The number of nitrogens with zero attached hydrogens (tertiary/aromatic N) is 1. The average Bonchev–Trinajstić information content (AvgIpc) is 2.59. The first-order valence-corrected chi connectivity index (χ1v) is 8.82. The van der Waals surface area contributed by atoms with E-state index in [0.29, 0.717) is 5.56 Å². The van der Waals surface area contributed by atoms with E-state index in [4.69, 9.17) is 9.88 Å². The molecular formula is C16H17N3O5S. The van der Waals surface area contributed by atoms with Crippen LogP contribution in [0.5, 0.6) is 0 Å². The molecule has 0 aliphatic heterocycles. The van der Waals surface area contributed by atoms with E-state index in [0.717, 1.165) is 0 Å². The first-order chi connectivity index (χ1) is 11.8. The topological polar surface area (TPSA) is 128 Å². The zero-order chi connectivity index (χ0) is 18.4. The van der Waals surface area contributed by atoms with Crippen molar-refractivity contribution in [2.24, 2.45) is 5.14 Å². The van der Waals surface area contributed by atoms with Gasteiger partial charge in [-0.2, -0.15) is 0 Å². The van der Waals surface area contributed by atoms with Crippen molar-refractivity contribution < 1.29 is 22.7 Å². The number of esters is 1. The maximum absolute atomic E-state index is 11.9. The Labute approximate surface area is 145 Å². The van der Waals surface area contributed by atoms with Crippen LogP contribution >= 0.6 is 0 Å². The zero-order valence-electron chi connectivity index (χ0n) is 13.4. The van der Waals surface area contributed by atoms with Crippen molar-refractivity contribution in [2.45, 2.75) is 17.9 Å². The maximum atomic E-state index is 11.9. The predicted octanol–water partition coefficient (Wildman–Crippen LogP) is 0.763. The van der Waals surface area contributed by atoms with Gasteiger partial charge < -0.3 is 10.1 Å². The lowest BCUT2D eigenvalue weighted by molar-refractivity contribution is -0.124. The van der Waals surface area contributed by atoms with E-state index in [1.165, 1.54) is 24.4 Å². The summed E-state index contributed by atoms with van der Waals surface area (Å²) in [7, 11) is -3.76. The lowest BCUT2D eigenvalue weighted by Crippen LogP contribution is -2.31. The van der Waals surface area contributed by atoms with Gasteiger partial charge in [0.05, 0.1) is 10.9 Å². The summed E-state index contributed by atoms with van der Waals surface area (Å²) in [5.41, 5.74) is 0.790. The van der Waals surface area contributed by atoms with Gasteiger partial charge in [0.25, 0.3) is 5.91 Å². The van der Waals surface area contributed by atoms with E-state index in [1.807, 2.05) is 0 Å². The minimum Gasteiger partial charge on any atom is -0.451 e. The van der Waals surface area contributed by atoms with Gasteiger partial charge in [-0.3, -0.25) is 4.79 Å². The molecule has 0 saturated carbocycles. The fourth-order valence-corrected chi connectivity index (χ4v) is 2.52. The second kappa shape index (κ2) is 7.86. The number of ether oxygens (including phenoxy) is 1. The first kappa shape index (κ1) is 18.6. The van der Waals surface area contributed by atoms with Crippen LogP contribution in [0.2, 0.25) is 0 Å². The SMILES string of the molecule is C[C@H](NC(=O)COC(=O)c1ccccn1)c1ccc(S(N)(=O)=O)cc1. The number of hydrogen-bond acceptors (Lipinski definition) is 6. The summed E-state index contributed by atoms with van der Waals surface area (Å²) in [4.78, 5) is 27.4. The van der Waals surface area contributed by atoms with Crippen molar-refractivity contribution in [2.75, 3.05) is 6.61 Å². The van der Waals surface area contributed by atoms with E-state index < -0.39 is 34.5 Å². The molecule has 0 saturated heterocycles. The van der Waals surface area contributed by atoms with Gasteiger partial charge >= 0.3 is 5.97 Å². The molecule has 0 aliphatic carbocycles. The van der Waals surface area contributed by atoms with Gasteiger partial charge in [0, 0.05) is 6.20 Å². The van der Waals surface area contributed by atoms with Crippen LogP contribution in [-0.4, -0.2) is 31.9 Å². The van der Waals surface area contributed by atoms with Crippen molar-refractivity contribution in [3.05, 3.63) is 59.9 Å². The van der Waals surface area contributed by atoms with Gasteiger partial charge in [-0.1, -0.05) is 18.2 Å². The molecule has 1 heterocycles. The number of nitrogens with two attached hydrogens (primary N) is 1. The van der Waals surface area contributed by atoms with E-state index in [9.17, 15) is 18.0 Å². The van der Waals surface area contributed by atoms with E-state index >= 15 is 0 Å². The molecular weight excluding hydrogens is 346 g/mol. The lowest BCUT2D eigenvalue weighted by atomic mass is 10.1. The van der Waals surface area contributed by atoms with Crippen LogP contribution in [0.4, 0.5) is 0 Å². The molecule has 1 atom stereocenters. The maximum Gasteiger partial charge on any atom is 0.357 e. The van der Waals surface area contributed by atoms with Crippen molar-refractivity contribution in [3.63, 3.8) is 0 Å². The number of primary sulfonamides is 1. The average molecular weight is 363 g/mol. The number of amides is 1. The standard InChI is InChI=1S/C16H17N3O5S/c1-11(12-5-7-13(8-6-12)25(17,22)23)19-15(20)10-24-16(21)14-4-2-3-9-18-14/h2-9,11H,10H2,1H3,(H,19,20)(H2,17,22,23)/t11-/m0/s1. The third-order valence-electron chi connectivity index (χ3n) is 3.29. The smallest absolute Gasteiger partial charge is 0.357 e. The second-order valence-electron chi connectivity index (χ2n) is 5.19. The molecule has 2 aromatic rings. The van der Waals surface area contributed by atoms with Gasteiger partial charge in [-0.25, -0.2) is 23.3 Å². The molecule has 0 spiro atoms. The summed E-state index contributed by atoms with van der Waals surface area (Å²) >= 11 is 0. The van der Waals surface area contributed by atoms with E-state index in [1.54, 1.807) is 31.2 Å². The molecule has 1 aromatic carbocycles. The van der Waals surface area contributed by atoms with E-state index in [-0.39, 0.29) is 10.6 Å². The molecule has 132 valence electrons. The summed E-state index contributed by atoms with van der Waals surface area (Å²) in [5.74, 6) is -1.19. The van der Waals surface area contributed by atoms with Crippen molar-refractivity contribution in [1.82, 2.24) is 10.3 Å². The Morgan fingerprint density at radius 3 is 2.44 bits per heavy atom. The largest absolute Gasteiger partial charge is 0.451 e. The molecule has 0 unspecified atom stereocenters. The van der Waals surface area contributed by atoms with Gasteiger partial charge in [-0.05, 0) is 36.8 Å². The summed E-state index contributed by atoms with van der Waals surface area (Å²) in [5, 5.41) is 7.67. The monoisotopic (exact) mass is 363 g/mol. The quantitative estimate of drug-likeness (QED) is 0.729. The van der Waals surface area contributed by atoms with Gasteiger partial charge in [0.1, 0.15) is 5.69 Å². The molecule has 0 aliphatic rings. The molecule has 1 aromatic heterocycles. The fourth-order valence-electron chi connectivity index (χ4n) is 2.00. The third kappa shape index (κ3) is 5.37. The number of aromatic nitrogens is 1. The number of sulfonamides is 1. The van der Waals surface area contributed by atoms with Crippen LogP contribution in [0.1, 0.15) is 29.0 Å². The molecule has 2 rings (SSSR count). The van der Waals surface area contributed by atoms with Gasteiger partial charge in [-0.15, -0.1) is 0 Å².